The van der Waals surface area contributed by atoms with Gasteiger partial charge in [-0.15, -0.1) is 11.3 Å². The standard InChI is InChI=1S/C20H24ClNOS/c1-20(2,3)14-6-9-16-17(12-24-18(16)10-14)19(23)22-11-13-4-7-15(21)8-5-13/h4-5,7-8,12,14H,6,9-11H2,1-3H3,(H,22,23). The van der Waals surface area contributed by atoms with Crippen molar-refractivity contribution in [2.75, 3.05) is 0 Å². The van der Waals surface area contributed by atoms with Crippen molar-refractivity contribution in [2.24, 2.45) is 11.3 Å². The van der Waals surface area contributed by atoms with Crippen molar-refractivity contribution in [1.29, 1.82) is 0 Å². The van der Waals surface area contributed by atoms with Crippen molar-refractivity contribution in [3.63, 3.8) is 0 Å². The highest BCUT2D eigenvalue weighted by Gasteiger charge is 2.31. The highest BCUT2D eigenvalue weighted by Crippen LogP contribution is 2.40. The van der Waals surface area contributed by atoms with Crippen molar-refractivity contribution >= 4 is 28.8 Å². The maximum Gasteiger partial charge on any atom is 0.252 e. The van der Waals surface area contributed by atoms with Gasteiger partial charge in [0.1, 0.15) is 0 Å². The first-order chi connectivity index (χ1) is 11.3. The molecule has 0 saturated heterocycles. The fraction of sp³-hybridized carbons (Fsp3) is 0.450. The first-order valence-electron chi connectivity index (χ1n) is 8.46. The molecule has 0 saturated carbocycles. The quantitative estimate of drug-likeness (QED) is 0.770. The predicted octanol–water partition coefficient (Wildman–Crippen LogP) is 5.48. The molecule has 128 valence electrons. The average molecular weight is 362 g/mol. The van der Waals surface area contributed by atoms with Gasteiger partial charge in [0.25, 0.3) is 5.91 Å². The molecule has 1 unspecified atom stereocenters. The van der Waals surface area contributed by atoms with Crippen LogP contribution in [-0.2, 0) is 19.4 Å². The summed E-state index contributed by atoms with van der Waals surface area (Å²) in [5, 5.41) is 5.78. The zero-order valence-electron chi connectivity index (χ0n) is 14.5. The number of benzene rings is 1. The van der Waals surface area contributed by atoms with Crippen LogP contribution in [0.5, 0.6) is 0 Å². The van der Waals surface area contributed by atoms with E-state index in [1.807, 2.05) is 29.6 Å². The van der Waals surface area contributed by atoms with Crippen LogP contribution in [-0.4, -0.2) is 5.91 Å². The lowest BCUT2D eigenvalue weighted by atomic mass is 9.72. The summed E-state index contributed by atoms with van der Waals surface area (Å²) in [4.78, 5) is 14.0. The van der Waals surface area contributed by atoms with Gasteiger partial charge in [0.05, 0.1) is 5.56 Å². The zero-order valence-corrected chi connectivity index (χ0v) is 16.1. The van der Waals surface area contributed by atoms with Crippen LogP contribution in [0.4, 0.5) is 0 Å². The third-order valence-corrected chi connectivity index (χ3v) is 6.29. The summed E-state index contributed by atoms with van der Waals surface area (Å²) in [6, 6.07) is 7.59. The third-order valence-electron chi connectivity index (χ3n) is 4.99. The highest BCUT2D eigenvalue weighted by molar-refractivity contribution is 7.10. The van der Waals surface area contributed by atoms with E-state index in [1.54, 1.807) is 11.3 Å². The maximum atomic E-state index is 12.6. The molecule has 1 aliphatic carbocycles. The van der Waals surface area contributed by atoms with Crippen LogP contribution in [0.1, 0.15) is 53.6 Å². The monoisotopic (exact) mass is 361 g/mol. The Kier molecular flexibility index (Phi) is 5.03. The first kappa shape index (κ1) is 17.5. The molecule has 0 spiro atoms. The minimum absolute atomic E-state index is 0.0386. The molecule has 24 heavy (non-hydrogen) atoms. The first-order valence-corrected chi connectivity index (χ1v) is 9.72. The van der Waals surface area contributed by atoms with E-state index in [4.69, 9.17) is 11.6 Å². The highest BCUT2D eigenvalue weighted by atomic mass is 35.5. The van der Waals surface area contributed by atoms with Crippen molar-refractivity contribution in [3.8, 4) is 0 Å². The Balaban J connectivity index is 1.67. The van der Waals surface area contributed by atoms with Gasteiger partial charge in [-0.1, -0.05) is 44.5 Å². The van der Waals surface area contributed by atoms with Crippen LogP contribution >= 0.6 is 22.9 Å². The van der Waals surface area contributed by atoms with E-state index >= 15 is 0 Å². The van der Waals surface area contributed by atoms with E-state index < -0.39 is 0 Å². The van der Waals surface area contributed by atoms with Crippen LogP contribution < -0.4 is 5.32 Å². The molecular weight excluding hydrogens is 338 g/mol. The summed E-state index contributed by atoms with van der Waals surface area (Å²) >= 11 is 7.64. The molecule has 3 rings (SSSR count). The molecule has 1 aromatic heterocycles. The van der Waals surface area contributed by atoms with E-state index in [1.165, 1.54) is 16.9 Å². The van der Waals surface area contributed by atoms with E-state index in [0.29, 0.717) is 22.9 Å². The van der Waals surface area contributed by atoms with Gasteiger partial charge in [0.2, 0.25) is 0 Å². The van der Waals surface area contributed by atoms with Crippen molar-refractivity contribution in [2.45, 2.75) is 46.6 Å². The van der Waals surface area contributed by atoms with E-state index in [2.05, 4.69) is 26.1 Å². The van der Waals surface area contributed by atoms with Gasteiger partial charge >= 0.3 is 0 Å². The summed E-state index contributed by atoms with van der Waals surface area (Å²) in [6.45, 7) is 7.48. The van der Waals surface area contributed by atoms with Gasteiger partial charge in [-0.25, -0.2) is 0 Å². The van der Waals surface area contributed by atoms with E-state index in [-0.39, 0.29) is 5.91 Å². The Hall–Kier alpha value is -1.32. The molecule has 1 amide bonds. The molecule has 0 fully saturated rings. The molecule has 2 aromatic rings. The molecule has 1 aliphatic rings. The normalized spacial score (nSPS) is 17.4. The summed E-state index contributed by atoms with van der Waals surface area (Å²) in [5.41, 5.74) is 3.54. The summed E-state index contributed by atoms with van der Waals surface area (Å²) in [6.07, 6.45) is 3.29. The predicted molar refractivity (Wildman–Crippen MR) is 102 cm³/mol. The number of carbonyl (C=O) groups is 1. The second kappa shape index (κ2) is 6.89. The molecular formula is C20H24ClNOS. The number of halogens is 1. The van der Waals surface area contributed by atoms with Gasteiger partial charge < -0.3 is 5.32 Å². The number of rotatable bonds is 3. The fourth-order valence-electron chi connectivity index (χ4n) is 3.32. The van der Waals surface area contributed by atoms with Gasteiger partial charge in [0.15, 0.2) is 0 Å². The van der Waals surface area contributed by atoms with Gasteiger partial charge in [-0.05, 0) is 53.9 Å². The second-order valence-electron chi connectivity index (χ2n) is 7.67. The smallest absolute Gasteiger partial charge is 0.252 e. The van der Waals surface area contributed by atoms with Crippen LogP contribution in [0.2, 0.25) is 5.02 Å². The molecule has 0 bridgehead atoms. The molecule has 1 atom stereocenters. The minimum Gasteiger partial charge on any atom is -0.348 e. The second-order valence-corrected chi connectivity index (χ2v) is 9.07. The van der Waals surface area contributed by atoms with Crippen LogP contribution in [0.25, 0.3) is 0 Å². The molecule has 1 aromatic carbocycles. The van der Waals surface area contributed by atoms with Gasteiger partial charge in [0, 0.05) is 21.8 Å². The molecule has 1 heterocycles. The van der Waals surface area contributed by atoms with Crippen LogP contribution in [0, 0.1) is 11.3 Å². The van der Waals surface area contributed by atoms with Gasteiger partial charge in [-0.3, -0.25) is 4.79 Å². The SMILES string of the molecule is CC(C)(C)C1CCc2c(C(=O)NCc3ccc(Cl)cc3)csc2C1. The molecule has 0 radical (unpaired) electrons. The molecule has 2 nitrogen and oxygen atoms in total. The van der Waals surface area contributed by atoms with Crippen LogP contribution in [0.15, 0.2) is 29.6 Å². The number of fused-ring (bicyclic) bond motifs is 1. The Labute approximate surface area is 153 Å². The lowest BCUT2D eigenvalue weighted by molar-refractivity contribution is 0.0950. The number of amides is 1. The summed E-state index contributed by atoms with van der Waals surface area (Å²) in [5.74, 6) is 0.741. The number of nitrogens with one attached hydrogen (secondary N) is 1. The van der Waals surface area contributed by atoms with Crippen molar-refractivity contribution < 1.29 is 4.79 Å². The number of carbonyl (C=O) groups excluding carboxylic acids is 1. The van der Waals surface area contributed by atoms with Crippen LogP contribution in [0.3, 0.4) is 0 Å². The topological polar surface area (TPSA) is 29.1 Å². The maximum absolute atomic E-state index is 12.6. The Bertz CT molecular complexity index is 727. The lowest BCUT2D eigenvalue weighted by Crippen LogP contribution is -2.28. The lowest BCUT2D eigenvalue weighted by Gasteiger charge is -2.34. The average Bonchev–Trinajstić information content (AvgIpc) is 2.96. The van der Waals surface area contributed by atoms with E-state index in [0.717, 1.165) is 24.0 Å². The molecule has 4 heteroatoms. The summed E-state index contributed by atoms with van der Waals surface area (Å²) < 4.78 is 0. The minimum atomic E-state index is 0.0386. The third kappa shape index (κ3) is 3.84. The molecule has 1 N–H and O–H groups in total. The Morgan fingerprint density at radius 1 is 1.29 bits per heavy atom. The fourth-order valence-corrected chi connectivity index (χ4v) is 4.61. The largest absolute Gasteiger partial charge is 0.348 e. The van der Waals surface area contributed by atoms with Crippen molar-refractivity contribution in [3.05, 3.63) is 56.2 Å². The zero-order chi connectivity index (χ0) is 17.3. The van der Waals surface area contributed by atoms with Crippen molar-refractivity contribution in [1.82, 2.24) is 5.32 Å². The summed E-state index contributed by atoms with van der Waals surface area (Å²) in [7, 11) is 0. The van der Waals surface area contributed by atoms with E-state index in [9.17, 15) is 4.79 Å². The Morgan fingerprint density at radius 2 is 2.00 bits per heavy atom. The Morgan fingerprint density at radius 3 is 2.67 bits per heavy atom. The number of hydrogen-bond donors (Lipinski definition) is 1. The van der Waals surface area contributed by atoms with Gasteiger partial charge in [-0.2, -0.15) is 0 Å². The number of hydrogen-bond acceptors (Lipinski definition) is 2. The number of thiophene rings is 1. The molecule has 0 aliphatic heterocycles.